The minimum atomic E-state index is 0.0220. The summed E-state index contributed by atoms with van der Waals surface area (Å²) in [4.78, 5) is 2.47. The Morgan fingerprint density at radius 1 is 0.311 bits per heavy atom. The Morgan fingerprint density at radius 2 is 0.770 bits per heavy atom. The first-order chi connectivity index (χ1) is 36.0. The van der Waals surface area contributed by atoms with E-state index in [9.17, 15) is 0 Å². The topological polar surface area (TPSA) is 8.17 Å². The molecule has 0 aliphatic heterocycles. The van der Waals surface area contributed by atoms with Gasteiger partial charge in [0.1, 0.15) is 0 Å². The Bertz CT molecular complexity index is 4150. The number of hydrogen-bond acceptors (Lipinski definition) is 1. The van der Waals surface area contributed by atoms with Gasteiger partial charge in [-0.05, 0) is 149 Å². The van der Waals surface area contributed by atoms with E-state index in [-0.39, 0.29) is 10.8 Å². The number of nitrogens with zero attached hydrogens (tertiary/aromatic N) is 2. The fraction of sp³-hybridized carbons (Fsp3) is 0.111. The highest BCUT2D eigenvalue weighted by Crippen LogP contribution is 2.47. The largest absolute Gasteiger partial charge is 0.310 e. The van der Waals surface area contributed by atoms with E-state index in [2.05, 4.69) is 294 Å². The number of aromatic nitrogens is 1. The van der Waals surface area contributed by atoms with Crippen LogP contribution in [0.2, 0.25) is 0 Å². The van der Waals surface area contributed by atoms with Crippen molar-refractivity contribution in [2.45, 2.75) is 52.4 Å². The first-order valence-corrected chi connectivity index (χ1v) is 26.1. The first kappa shape index (κ1) is 45.2. The summed E-state index contributed by atoms with van der Waals surface area (Å²) in [6.07, 6.45) is 0. The van der Waals surface area contributed by atoms with E-state index >= 15 is 0 Å². The van der Waals surface area contributed by atoms with E-state index in [4.69, 9.17) is 0 Å². The third kappa shape index (κ3) is 7.72. The molecule has 0 saturated carbocycles. The minimum absolute atomic E-state index is 0.0220. The Balaban J connectivity index is 1.00. The molecule has 0 radical (unpaired) electrons. The van der Waals surface area contributed by atoms with Crippen LogP contribution in [0.1, 0.15) is 52.7 Å². The highest BCUT2D eigenvalue weighted by atomic mass is 15.1. The van der Waals surface area contributed by atoms with Crippen molar-refractivity contribution in [2.24, 2.45) is 0 Å². The second-order valence-corrected chi connectivity index (χ2v) is 22.2. The van der Waals surface area contributed by atoms with E-state index < -0.39 is 0 Å². The molecule has 2 nitrogen and oxygen atoms in total. The summed E-state index contributed by atoms with van der Waals surface area (Å²) in [5, 5.41) is 10.1. The number of fused-ring (bicyclic) bond motifs is 3. The normalized spacial score (nSPS) is 12.2. The van der Waals surface area contributed by atoms with Gasteiger partial charge in [-0.1, -0.05) is 224 Å². The van der Waals surface area contributed by atoms with Crippen LogP contribution in [0.4, 0.5) is 17.1 Å². The Labute approximate surface area is 434 Å². The first-order valence-electron chi connectivity index (χ1n) is 26.1. The molecule has 356 valence electrons. The standard InChI is InChI=1S/C72H58N2/c1-71(2,3)55-34-42-67-63(45-55)64-46-56(72(4,5)6)35-43-68(64)74(67)66-41-33-53-30-38-61-65(40-32-52-31-39-62(66)70(53)69(52)61)73(57-36-28-51(29-37-57)60-23-14-13-22-59(60)50-18-11-8-12-19-50)58-21-15-20-54(44-58)49-26-24-48(25-27-49)47-16-9-7-10-17-47/h7-46H,1-6H3. The van der Waals surface area contributed by atoms with Crippen molar-refractivity contribution in [2.75, 3.05) is 4.90 Å². The molecule has 13 rings (SSSR count). The Morgan fingerprint density at radius 3 is 1.36 bits per heavy atom. The molecule has 1 aromatic heterocycles. The van der Waals surface area contributed by atoms with Crippen LogP contribution in [0.25, 0.3) is 104 Å². The zero-order valence-corrected chi connectivity index (χ0v) is 43.0. The van der Waals surface area contributed by atoms with E-state index in [1.54, 1.807) is 0 Å². The SMILES string of the molecule is CC(C)(C)c1ccc2c(c1)c1cc(C(C)(C)C)ccc1n2-c1ccc2ccc3c(N(c4ccc(-c5ccccc5-c5ccccc5)cc4)c4cccc(-c5ccc(-c6ccccc6)cc5)c4)ccc4ccc1c2c43. The lowest BCUT2D eigenvalue weighted by atomic mass is 9.85. The third-order valence-corrected chi connectivity index (χ3v) is 15.5. The molecular formula is C72H58N2. The smallest absolute Gasteiger partial charge is 0.0541 e. The van der Waals surface area contributed by atoms with Gasteiger partial charge in [-0.3, -0.25) is 0 Å². The van der Waals surface area contributed by atoms with Crippen LogP contribution in [-0.4, -0.2) is 4.57 Å². The van der Waals surface area contributed by atoms with Gasteiger partial charge in [0.05, 0.1) is 22.4 Å². The molecule has 0 aliphatic carbocycles. The van der Waals surface area contributed by atoms with Gasteiger partial charge in [-0.2, -0.15) is 0 Å². The highest BCUT2D eigenvalue weighted by molar-refractivity contribution is 6.27. The maximum absolute atomic E-state index is 2.53. The van der Waals surface area contributed by atoms with Gasteiger partial charge in [0, 0.05) is 32.9 Å². The molecule has 12 aromatic carbocycles. The van der Waals surface area contributed by atoms with Gasteiger partial charge >= 0.3 is 0 Å². The second kappa shape index (κ2) is 17.5. The molecule has 0 atom stereocenters. The summed E-state index contributed by atoms with van der Waals surface area (Å²) in [7, 11) is 0. The number of hydrogen-bond donors (Lipinski definition) is 0. The van der Waals surface area contributed by atoms with Crippen LogP contribution in [0, 0.1) is 0 Å². The number of benzene rings is 12. The maximum Gasteiger partial charge on any atom is 0.0541 e. The predicted octanol–water partition coefficient (Wildman–Crippen LogP) is 20.4. The van der Waals surface area contributed by atoms with Crippen LogP contribution in [0.3, 0.4) is 0 Å². The van der Waals surface area contributed by atoms with Crippen LogP contribution >= 0.6 is 0 Å². The lowest BCUT2D eigenvalue weighted by Crippen LogP contribution is -2.11. The van der Waals surface area contributed by atoms with Crippen molar-refractivity contribution in [3.63, 3.8) is 0 Å². The zero-order valence-electron chi connectivity index (χ0n) is 43.0. The van der Waals surface area contributed by atoms with Gasteiger partial charge in [0.2, 0.25) is 0 Å². The number of rotatable bonds is 8. The van der Waals surface area contributed by atoms with E-state index in [1.165, 1.54) is 115 Å². The highest BCUT2D eigenvalue weighted by Gasteiger charge is 2.24. The van der Waals surface area contributed by atoms with Crippen molar-refractivity contribution in [1.29, 1.82) is 0 Å². The molecule has 1 heterocycles. The van der Waals surface area contributed by atoms with Crippen LogP contribution < -0.4 is 4.90 Å². The van der Waals surface area contributed by atoms with E-state index in [1.807, 2.05) is 0 Å². The zero-order chi connectivity index (χ0) is 50.3. The van der Waals surface area contributed by atoms with Crippen molar-refractivity contribution in [3.8, 4) is 50.2 Å². The van der Waals surface area contributed by atoms with Gasteiger partial charge in [0.25, 0.3) is 0 Å². The summed E-state index contributed by atoms with van der Waals surface area (Å²) in [6.45, 7) is 13.9. The van der Waals surface area contributed by atoms with Gasteiger partial charge in [-0.25, -0.2) is 0 Å². The van der Waals surface area contributed by atoms with Crippen LogP contribution in [0.15, 0.2) is 243 Å². The molecule has 0 saturated heterocycles. The fourth-order valence-electron chi connectivity index (χ4n) is 11.5. The quantitative estimate of drug-likeness (QED) is 0.138. The average Bonchev–Trinajstić information content (AvgIpc) is 3.77. The molecule has 0 amide bonds. The molecule has 0 bridgehead atoms. The Hall–Kier alpha value is -8.72. The summed E-state index contributed by atoms with van der Waals surface area (Å²) in [5.74, 6) is 0. The molecule has 13 aromatic rings. The molecule has 74 heavy (non-hydrogen) atoms. The molecule has 0 spiro atoms. The van der Waals surface area contributed by atoms with E-state index in [0.29, 0.717) is 0 Å². The van der Waals surface area contributed by atoms with Gasteiger partial charge < -0.3 is 9.47 Å². The summed E-state index contributed by atoms with van der Waals surface area (Å²) in [6, 6.07) is 90.3. The lowest BCUT2D eigenvalue weighted by Gasteiger charge is -2.28. The second-order valence-electron chi connectivity index (χ2n) is 22.2. The number of anilines is 3. The lowest BCUT2D eigenvalue weighted by molar-refractivity contribution is 0.590. The minimum Gasteiger partial charge on any atom is -0.310 e. The predicted molar refractivity (Wildman–Crippen MR) is 318 cm³/mol. The van der Waals surface area contributed by atoms with Crippen LogP contribution in [-0.2, 0) is 10.8 Å². The average molecular weight is 951 g/mol. The van der Waals surface area contributed by atoms with E-state index in [0.717, 1.165) is 17.1 Å². The summed E-state index contributed by atoms with van der Waals surface area (Å²) >= 11 is 0. The third-order valence-electron chi connectivity index (χ3n) is 15.5. The molecule has 0 aliphatic rings. The van der Waals surface area contributed by atoms with Crippen molar-refractivity contribution in [1.82, 2.24) is 4.57 Å². The molecular weight excluding hydrogens is 893 g/mol. The summed E-state index contributed by atoms with van der Waals surface area (Å²) < 4.78 is 2.53. The van der Waals surface area contributed by atoms with Gasteiger partial charge in [-0.15, -0.1) is 0 Å². The Kier molecular flexibility index (Phi) is 10.7. The fourth-order valence-corrected chi connectivity index (χ4v) is 11.5. The summed E-state index contributed by atoms with van der Waals surface area (Å²) in [5.41, 5.74) is 19.3. The monoisotopic (exact) mass is 950 g/mol. The molecule has 0 unspecified atom stereocenters. The van der Waals surface area contributed by atoms with Crippen molar-refractivity contribution in [3.05, 3.63) is 254 Å². The van der Waals surface area contributed by atoms with Crippen LogP contribution in [0.5, 0.6) is 0 Å². The molecule has 2 heteroatoms. The maximum atomic E-state index is 2.53. The van der Waals surface area contributed by atoms with Crippen molar-refractivity contribution >= 4 is 71.2 Å². The molecule has 0 N–H and O–H groups in total. The van der Waals surface area contributed by atoms with Crippen molar-refractivity contribution < 1.29 is 0 Å². The molecule has 0 fully saturated rings. The van der Waals surface area contributed by atoms with Gasteiger partial charge in [0.15, 0.2) is 0 Å².